The molecule has 2 atom stereocenters. The molecule has 1 aromatic rings. The van der Waals surface area contributed by atoms with Crippen molar-refractivity contribution in [3.63, 3.8) is 0 Å². The van der Waals surface area contributed by atoms with Crippen LogP contribution in [0.25, 0.3) is 0 Å². The van der Waals surface area contributed by atoms with E-state index in [4.69, 9.17) is 4.74 Å². The summed E-state index contributed by atoms with van der Waals surface area (Å²) >= 11 is 1.39. The minimum atomic E-state index is -4.15. The van der Waals surface area contributed by atoms with Gasteiger partial charge in [0, 0.05) is 49.1 Å². The molecule has 0 aromatic heterocycles. The second kappa shape index (κ2) is 11.8. The maximum atomic E-state index is 13.7. The number of carbonyl (C=O) groups is 2. The number of rotatable bonds is 7. The number of hydrogen-bond acceptors (Lipinski definition) is 8. The number of sulfonamides is 1. The van der Waals surface area contributed by atoms with E-state index in [-0.39, 0.29) is 35.6 Å². The zero-order valence-corrected chi connectivity index (χ0v) is 22.7. The molecule has 2 saturated heterocycles. The summed E-state index contributed by atoms with van der Waals surface area (Å²) in [6.07, 6.45) is 0.155. The average Bonchev–Trinajstić information content (AvgIpc) is 2.83. The quantitative estimate of drug-likeness (QED) is 0.300. The Bertz CT molecular complexity index is 1110. The Labute approximate surface area is 217 Å². The molecule has 198 valence electrons. The molecule has 10 nitrogen and oxygen atoms in total. The van der Waals surface area contributed by atoms with Gasteiger partial charge in [-0.15, -0.1) is 17.7 Å². The molecule has 0 aliphatic carbocycles. The maximum Gasteiger partial charge on any atom is 0.263 e. The van der Waals surface area contributed by atoms with Crippen molar-refractivity contribution in [3.05, 3.63) is 24.3 Å². The van der Waals surface area contributed by atoms with Crippen molar-refractivity contribution in [3.8, 4) is 17.6 Å². The van der Waals surface area contributed by atoms with Gasteiger partial charge in [0.05, 0.1) is 4.90 Å². The number of nitrogens with zero attached hydrogens (tertiary/aromatic N) is 3. The molecule has 1 aromatic carbocycles. The van der Waals surface area contributed by atoms with Gasteiger partial charge in [-0.2, -0.15) is 4.31 Å². The monoisotopic (exact) mass is 538 g/mol. The van der Waals surface area contributed by atoms with Gasteiger partial charge in [-0.1, -0.05) is 5.92 Å². The van der Waals surface area contributed by atoms with Gasteiger partial charge in [-0.05, 0) is 52.1 Å². The third-order valence-electron chi connectivity index (χ3n) is 6.34. The summed E-state index contributed by atoms with van der Waals surface area (Å²) in [7, 11) is -2.14. The largest absolute Gasteiger partial charge is 0.481 e. The number of piperazine rings is 1. The highest BCUT2D eigenvalue weighted by atomic mass is 32.2. The molecular formula is C24H34N4O6S2. The molecule has 2 aliphatic rings. The van der Waals surface area contributed by atoms with Crippen LogP contribution in [0.15, 0.2) is 29.2 Å². The van der Waals surface area contributed by atoms with Crippen LogP contribution in [0.3, 0.4) is 0 Å². The second-order valence-corrected chi connectivity index (χ2v) is 13.2. The number of amides is 2. The van der Waals surface area contributed by atoms with Crippen LogP contribution in [0.1, 0.15) is 27.2 Å². The van der Waals surface area contributed by atoms with Gasteiger partial charge >= 0.3 is 0 Å². The molecule has 2 aliphatic heterocycles. The summed E-state index contributed by atoms with van der Waals surface area (Å²) in [4.78, 5) is 29.6. The van der Waals surface area contributed by atoms with E-state index >= 15 is 0 Å². The Morgan fingerprint density at radius 2 is 1.83 bits per heavy atom. The van der Waals surface area contributed by atoms with E-state index in [1.54, 1.807) is 31.2 Å². The Morgan fingerprint density at radius 1 is 1.19 bits per heavy atom. The van der Waals surface area contributed by atoms with Crippen LogP contribution in [0, 0.1) is 11.8 Å². The fourth-order valence-corrected chi connectivity index (χ4v) is 8.06. The number of carbonyl (C=O) groups excluding carboxylic acids is 2. The van der Waals surface area contributed by atoms with Gasteiger partial charge in [-0.25, -0.2) is 13.9 Å². The highest BCUT2D eigenvalue weighted by Crippen LogP contribution is 2.43. The summed E-state index contributed by atoms with van der Waals surface area (Å²) in [6.45, 7) is 8.18. The summed E-state index contributed by atoms with van der Waals surface area (Å²) in [5, 5.41) is 9.03. The third kappa shape index (κ3) is 6.52. The number of ether oxygens (including phenoxy) is 1. The molecule has 0 radical (unpaired) electrons. The number of hydroxylamine groups is 1. The van der Waals surface area contributed by atoms with Crippen LogP contribution in [0.5, 0.6) is 5.75 Å². The molecular weight excluding hydrogens is 504 g/mol. The molecule has 0 saturated carbocycles. The normalized spacial score (nSPS) is 22.9. The van der Waals surface area contributed by atoms with Crippen LogP contribution in [0.4, 0.5) is 0 Å². The van der Waals surface area contributed by atoms with Gasteiger partial charge in [-0.3, -0.25) is 14.8 Å². The van der Waals surface area contributed by atoms with Gasteiger partial charge in [0.2, 0.25) is 15.9 Å². The van der Waals surface area contributed by atoms with Crippen molar-refractivity contribution in [2.45, 2.75) is 48.1 Å². The highest BCUT2D eigenvalue weighted by Gasteiger charge is 2.51. The summed E-state index contributed by atoms with van der Waals surface area (Å²) in [5.74, 6) is 5.10. The predicted octanol–water partition coefficient (Wildman–Crippen LogP) is 1.01. The number of likely N-dealkylation sites (N-methyl/N-ethyl adjacent to an activating group) is 1. The molecule has 3 rings (SSSR count). The van der Waals surface area contributed by atoms with E-state index in [0.29, 0.717) is 18.8 Å². The third-order valence-corrected chi connectivity index (χ3v) is 9.66. The first-order valence-corrected chi connectivity index (χ1v) is 14.0. The molecule has 2 fully saturated rings. The molecule has 0 unspecified atom stereocenters. The van der Waals surface area contributed by atoms with Crippen LogP contribution in [0.2, 0.25) is 0 Å². The Kier molecular flexibility index (Phi) is 9.29. The number of benzene rings is 1. The lowest BCUT2D eigenvalue weighted by Gasteiger charge is -2.47. The van der Waals surface area contributed by atoms with E-state index in [0.717, 1.165) is 17.4 Å². The lowest BCUT2D eigenvalue weighted by molar-refractivity contribution is -0.134. The first kappa shape index (κ1) is 28.3. The lowest BCUT2D eigenvalue weighted by atomic mass is 10.0. The smallest absolute Gasteiger partial charge is 0.263 e. The van der Waals surface area contributed by atoms with Gasteiger partial charge in [0.1, 0.15) is 18.4 Å². The molecule has 2 amide bonds. The van der Waals surface area contributed by atoms with Gasteiger partial charge in [0.25, 0.3) is 5.91 Å². The van der Waals surface area contributed by atoms with E-state index < -0.39 is 26.7 Å². The molecule has 36 heavy (non-hydrogen) atoms. The van der Waals surface area contributed by atoms with Crippen LogP contribution in [-0.4, -0.2) is 102 Å². The molecule has 0 spiro atoms. The van der Waals surface area contributed by atoms with Crippen molar-refractivity contribution in [1.29, 1.82) is 0 Å². The minimum absolute atomic E-state index is 0.0148. The number of hydrogen-bond donors (Lipinski definition) is 2. The van der Waals surface area contributed by atoms with Gasteiger partial charge in [0.15, 0.2) is 0 Å². The lowest BCUT2D eigenvalue weighted by Crippen LogP contribution is -2.63. The average molecular weight is 539 g/mol. The number of thioether (sulfide) groups is 1. The molecule has 2 N–H and O–H groups in total. The maximum absolute atomic E-state index is 13.7. The van der Waals surface area contributed by atoms with Crippen LogP contribution >= 0.6 is 11.8 Å². The fourth-order valence-electron chi connectivity index (χ4n) is 4.45. The first-order valence-electron chi connectivity index (χ1n) is 11.7. The van der Waals surface area contributed by atoms with Crippen molar-refractivity contribution in [2.24, 2.45) is 0 Å². The van der Waals surface area contributed by atoms with E-state index in [1.807, 2.05) is 7.05 Å². The first-order chi connectivity index (χ1) is 17.0. The van der Waals surface area contributed by atoms with Crippen molar-refractivity contribution < 1.29 is 28.0 Å². The molecule has 0 bridgehead atoms. The summed E-state index contributed by atoms with van der Waals surface area (Å²) < 4.78 is 33.1. The molecule has 12 heteroatoms. The van der Waals surface area contributed by atoms with Crippen molar-refractivity contribution in [2.75, 3.05) is 46.4 Å². The minimum Gasteiger partial charge on any atom is -0.481 e. The SMILES string of the molecule is CC#CCOc1ccc(S(=O)(=O)N2C[C@H](CC(=O)N3CCN(C)CC3)SC(C)(C)[C@@H]2C(=O)NO)cc1. The van der Waals surface area contributed by atoms with E-state index in [9.17, 15) is 23.2 Å². The van der Waals surface area contributed by atoms with Crippen LogP contribution < -0.4 is 10.2 Å². The van der Waals surface area contributed by atoms with E-state index in [1.165, 1.54) is 36.0 Å². The summed E-state index contributed by atoms with van der Waals surface area (Å²) in [6, 6.07) is 4.71. The Balaban J connectivity index is 1.85. The standard InChI is InChI=1S/C24H34N4O6S2/c1-5-6-15-34-18-7-9-20(10-8-18)36(32,33)28-17-19(35-24(2,3)22(28)23(30)25-31)16-21(29)27-13-11-26(4)12-14-27/h7-10,19,22,31H,11-17H2,1-4H3,(H,25,30)/t19-,22-/m0/s1. The topological polar surface area (TPSA) is 119 Å². The highest BCUT2D eigenvalue weighted by molar-refractivity contribution is 8.01. The molecule has 2 heterocycles. The zero-order valence-electron chi connectivity index (χ0n) is 21.1. The van der Waals surface area contributed by atoms with E-state index in [2.05, 4.69) is 16.7 Å². The predicted molar refractivity (Wildman–Crippen MR) is 137 cm³/mol. The van der Waals surface area contributed by atoms with Gasteiger partial charge < -0.3 is 14.5 Å². The Hall–Kier alpha value is -2.30. The second-order valence-electron chi connectivity index (χ2n) is 9.37. The van der Waals surface area contributed by atoms with Crippen LogP contribution in [-0.2, 0) is 19.6 Å². The Morgan fingerprint density at radius 3 is 2.42 bits per heavy atom. The van der Waals surface area contributed by atoms with Crippen molar-refractivity contribution >= 4 is 33.6 Å². The fraction of sp³-hybridized carbons (Fsp3) is 0.583. The van der Waals surface area contributed by atoms with Crippen molar-refractivity contribution in [1.82, 2.24) is 19.6 Å². The zero-order chi connectivity index (χ0) is 26.5. The number of nitrogens with one attached hydrogen (secondary N) is 1. The summed E-state index contributed by atoms with van der Waals surface area (Å²) in [5.41, 5.74) is 1.62.